The van der Waals surface area contributed by atoms with Crippen LogP contribution < -0.4 is 16.3 Å². The predicted molar refractivity (Wildman–Crippen MR) is 48.3 cm³/mol. The van der Waals surface area contributed by atoms with Crippen molar-refractivity contribution in [3.05, 3.63) is 22.7 Å². The molecule has 0 aromatic carbocycles. The van der Waals surface area contributed by atoms with Crippen LogP contribution in [-0.4, -0.2) is 9.55 Å². The van der Waals surface area contributed by atoms with E-state index in [4.69, 9.17) is 5.90 Å². The highest BCUT2D eigenvalue weighted by Crippen LogP contribution is 2.10. The number of aromatic nitrogens is 2. The maximum Gasteiger partial charge on any atom is 0.315 e. The minimum Gasteiger partial charge on any atom is -0.385 e. The Balaban J connectivity index is 3.33. The predicted octanol–water partition coefficient (Wildman–Crippen LogP) is 0.251. The van der Waals surface area contributed by atoms with Gasteiger partial charge < -0.3 is 9.40 Å². The quantitative estimate of drug-likeness (QED) is 0.633. The summed E-state index contributed by atoms with van der Waals surface area (Å²) in [5.41, 5.74) is -0.620. The molecule has 5 nitrogen and oxygen atoms in total. The Morgan fingerprint density at radius 2 is 2.15 bits per heavy atom. The molecule has 0 unspecified atom stereocenters. The van der Waals surface area contributed by atoms with Crippen LogP contribution in [0.25, 0.3) is 0 Å². The van der Waals surface area contributed by atoms with Gasteiger partial charge in [-0.25, -0.2) is 4.98 Å². The lowest BCUT2D eigenvalue weighted by molar-refractivity contribution is 0.298. The fraction of sp³-hybridized carbons (Fsp3) is 0.500. The lowest BCUT2D eigenvalue weighted by atomic mass is 10.1. The molecule has 5 heteroatoms. The van der Waals surface area contributed by atoms with E-state index in [1.807, 2.05) is 20.8 Å². The van der Waals surface area contributed by atoms with E-state index >= 15 is 0 Å². The lowest BCUT2D eigenvalue weighted by Gasteiger charge is -2.21. The van der Waals surface area contributed by atoms with E-state index in [9.17, 15) is 4.79 Å². The average Bonchev–Trinajstić information content (AvgIpc) is 2.02. The molecule has 0 aliphatic rings. The molecule has 1 rings (SSSR count). The molecule has 1 heterocycles. The van der Waals surface area contributed by atoms with E-state index in [2.05, 4.69) is 9.82 Å². The van der Waals surface area contributed by atoms with Crippen molar-refractivity contribution in [3.8, 4) is 5.88 Å². The molecule has 13 heavy (non-hydrogen) atoms. The number of hydrogen-bond acceptors (Lipinski definition) is 4. The van der Waals surface area contributed by atoms with Crippen molar-refractivity contribution >= 4 is 0 Å². The van der Waals surface area contributed by atoms with Crippen molar-refractivity contribution in [1.29, 1.82) is 0 Å². The van der Waals surface area contributed by atoms with Gasteiger partial charge in [-0.05, 0) is 20.8 Å². The topological polar surface area (TPSA) is 70.1 Å². The third kappa shape index (κ3) is 1.86. The molecule has 0 radical (unpaired) electrons. The van der Waals surface area contributed by atoms with E-state index in [0.29, 0.717) is 0 Å². The second-order valence-electron chi connectivity index (χ2n) is 3.70. The summed E-state index contributed by atoms with van der Waals surface area (Å²) in [6.07, 6.45) is 3.08. The molecule has 2 N–H and O–H groups in total. The zero-order valence-electron chi connectivity index (χ0n) is 7.94. The summed E-state index contributed by atoms with van der Waals surface area (Å²) < 4.78 is 1.52. The molecular formula is C8H13N3O2. The molecule has 0 bridgehead atoms. The van der Waals surface area contributed by atoms with E-state index in [1.54, 1.807) is 6.20 Å². The standard InChI is InChI=1S/C8H13N3O2/c1-8(2,3)11-5-4-10-6(13-9)7(11)12/h4-5H,9H2,1-3H3. The normalized spacial score (nSPS) is 11.4. The number of hydrogen-bond donors (Lipinski definition) is 1. The minimum absolute atomic E-state index is 0.0857. The summed E-state index contributed by atoms with van der Waals surface area (Å²) >= 11 is 0. The van der Waals surface area contributed by atoms with Gasteiger partial charge in [0.25, 0.3) is 0 Å². The zero-order chi connectivity index (χ0) is 10.1. The van der Waals surface area contributed by atoms with Crippen LogP contribution in [0.15, 0.2) is 17.2 Å². The third-order valence-electron chi connectivity index (χ3n) is 1.64. The Hall–Kier alpha value is -1.36. The fourth-order valence-corrected chi connectivity index (χ4v) is 1.00. The number of rotatable bonds is 1. The van der Waals surface area contributed by atoms with Crippen LogP contribution in [0.4, 0.5) is 0 Å². The summed E-state index contributed by atoms with van der Waals surface area (Å²) in [4.78, 5) is 19.6. The molecule has 0 aliphatic heterocycles. The van der Waals surface area contributed by atoms with Gasteiger partial charge in [0.15, 0.2) is 0 Å². The van der Waals surface area contributed by atoms with Gasteiger partial charge in [0, 0.05) is 17.9 Å². The number of nitrogens with two attached hydrogens (primary N) is 1. The zero-order valence-corrected chi connectivity index (χ0v) is 7.94. The average molecular weight is 183 g/mol. The van der Waals surface area contributed by atoms with Crippen LogP contribution in [-0.2, 0) is 5.54 Å². The second-order valence-corrected chi connectivity index (χ2v) is 3.70. The molecule has 72 valence electrons. The van der Waals surface area contributed by atoms with Crippen molar-refractivity contribution in [2.75, 3.05) is 0 Å². The van der Waals surface area contributed by atoms with Gasteiger partial charge in [-0.15, -0.1) is 0 Å². The van der Waals surface area contributed by atoms with Crippen LogP contribution in [0.1, 0.15) is 20.8 Å². The van der Waals surface area contributed by atoms with Gasteiger partial charge in [0.05, 0.1) is 0 Å². The molecule has 1 aromatic heterocycles. The largest absolute Gasteiger partial charge is 0.385 e. The molecule has 1 aromatic rings. The molecule has 0 amide bonds. The monoisotopic (exact) mass is 183 g/mol. The van der Waals surface area contributed by atoms with Crippen LogP contribution in [0.2, 0.25) is 0 Å². The smallest absolute Gasteiger partial charge is 0.315 e. The van der Waals surface area contributed by atoms with Gasteiger partial charge in [0.2, 0.25) is 0 Å². The second kappa shape index (κ2) is 3.18. The Morgan fingerprint density at radius 3 is 2.62 bits per heavy atom. The van der Waals surface area contributed by atoms with Gasteiger partial charge in [-0.2, -0.15) is 5.90 Å². The van der Waals surface area contributed by atoms with Crippen LogP contribution in [0.3, 0.4) is 0 Å². The summed E-state index contributed by atoms with van der Waals surface area (Å²) in [6, 6.07) is 0. The lowest BCUT2D eigenvalue weighted by Crippen LogP contribution is -2.34. The molecule has 0 aliphatic carbocycles. The van der Waals surface area contributed by atoms with Crippen molar-refractivity contribution < 1.29 is 4.84 Å². The highest BCUT2D eigenvalue weighted by atomic mass is 16.6. The highest BCUT2D eigenvalue weighted by molar-refractivity contribution is 5.05. The van der Waals surface area contributed by atoms with Crippen molar-refractivity contribution in [2.45, 2.75) is 26.3 Å². The van der Waals surface area contributed by atoms with Crippen LogP contribution >= 0.6 is 0 Å². The summed E-state index contributed by atoms with van der Waals surface area (Å²) in [6.45, 7) is 5.73. The van der Waals surface area contributed by atoms with Crippen molar-refractivity contribution in [2.24, 2.45) is 5.90 Å². The third-order valence-corrected chi connectivity index (χ3v) is 1.64. The van der Waals surface area contributed by atoms with Gasteiger partial charge >= 0.3 is 11.4 Å². The van der Waals surface area contributed by atoms with E-state index in [1.165, 1.54) is 10.8 Å². The first-order valence-electron chi connectivity index (χ1n) is 3.91. The molecule has 0 atom stereocenters. The van der Waals surface area contributed by atoms with Crippen LogP contribution in [0.5, 0.6) is 5.88 Å². The molecule has 0 saturated carbocycles. The van der Waals surface area contributed by atoms with Crippen molar-refractivity contribution in [1.82, 2.24) is 9.55 Å². The highest BCUT2D eigenvalue weighted by Gasteiger charge is 2.16. The van der Waals surface area contributed by atoms with Crippen molar-refractivity contribution in [3.63, 3.8) is 0 Å². The van der Waals surface area contributed by atoms with E-state index in [-0.39, 0.29) is 17.0 Å². The Labute approximate surface area is 76.1 Å². The maximum atomic E-state index is 11.5. The van der Waals surface area contributed by atoms with Gasteiger partial charge in [-0.1, -0.05) is 0 Å². The van der Waals surface area contributed by atoms with Gasteiger partial charge in [-0.3, -0.25) is 4.79 Å². The summed E-state index contributed by atoms with van der Waals surface area (Å²) in [5, 5.41) is 0. The summed E-state index contributed by atoms with van der Waals surface area (Å²) in [5.74, 6) is 4.80. The molecule has 0 fully saturated rings. The maximum absolute atomic E-state index is 11.5. The molecule has 0 saturated heterocycles. The minimum atomic E-state index is -0.322. The van der Waals surface area contributed by atoms with Crippen LogP contribution in [0, 0.1) is 0 Å². The Morgan fingerprint density at radius 1 is 1.54 bits per heavy atom. The first kappa shape index (κ1) is 9.73. The molecular weight excluding hydrogens is 170 g/mol. The first-order chi connectivity index (χ1) is 5.96. The number of nitrogens with zero attached hydrogens (tertiary/aromatic N) is 2. The Bertz CT molecular complexity index is 351. The SMILES string of the molecule is CC(C)(C)n1ccnc(ON)c1=O. The van der Waals surface area contributed by atoms with E-state index < -0.39 is 0 Å². The summed E-state index contributed by atoms with van der Waals surface area (Å²) in [7, 11) is 0. The fourth-order valence-electron chi connectivity index (χ4n) is 1.00. The first-order valence-corrected chi connectivity index (χ1v) is 3.91. The van der Waals surface area contributed by atoms with Gasteiger partial charge in [0.1, 0.15) is 0 Å². The van der Waals surface area contributed by atoms with E-state index in [0.717, 1.165) is 0 Å². The molecule has 0 spiro atoms. The Kier molecular flexibility index (Phi) is 2.38.